The van der Waals surface area contributed by atoms with Gasteiger partial charge in [0.2, 0.25) is 5.82 Å². The van der Waals surface area contributed by atoms with Crippen molar-refractivity contribution < 1.29 is 22.8 Å². The van der Waals surface area contributed by atoms with E-state index in [1.54, 1.807) is 44.2 Å². The van der Waals surface area contributed by atoms with Crippen LogP contribution in [-0.2, 0) is 20.2 Å². The Kier molecular flexibility index (Phi) is 8.65. The molecule has 0 aliphatic heterocycles. The Labute approximate surface area is 173 Å². The number of benzene rings is 1. The molecule has 0 aliphatic rings. The van der Waals surface area contributed by atoms with Crippen LogP contribution in [0.1, 0.15) is 30.6 Å². The van der Waals surface area contributed by atoms with Crippen molar-refractivity contribution in [2.24, 2.45) is 0 Å². The van der Waals surface area contributed by atoms with Gasteiger partial charge in [-0.25, -0.2) is 4.79 Å². The van der Waals surface area contributed by atoms with E-state index in [9.17, 15) is 23.3 Å². The van der Waals surface area contributed by atoms with Crippen molar-refractivity contribution in [3.8, 4) is 0 Å². The van der Waals surface area contributed by atoms with Gasteiger partial charge in [-0.3, -0.25) is 18.7 Å². The van der Waals surface area contributed by atoms with Crippen LogP contribution in [0.4, 0.5) is 4.39 Å². The van der Waals surface area contributed by atoms with Gasteiger partial charge in [-0.1, -0.05) is 30.4 Å². The van der Waals surface area contributed by atoms with E-state index in [1.807, 2.05) is 0 Å². The Balaban J connectivity index is 2.18. The average Bonchev–Trinajstić information content (AvgIpc) is 2.72. The molecule has 30 heavy (non-hydrogen) atoms. The minimum Gasteiger partial charge on any atom is -0.309 e. The zero-order valence-corrected chi connectivity index (χ0v) is 17.7. The van der Waals surface area contributed by atoms with Crippen LogP contribution in [0, 0.1) is 5.82 Å². The topological polar surface area (TPSA) is 96.6 Å². The molecular formula is C20H24FN2O6P. The third-order valence-electron chi connectivity index (χ3n) is 4.03. The monoisotopic (exact) mass is 438 g/mol. The van der Waals surface area contributed by atoms with E-state index < -0.39 is 30.6 Å². The van der Waals surface area contributed by atoms with Crippen LogP contribution in [0.15, 0.2) is 58.3 Å². The van der Waals surface area contributed by atoms with Gasteiger partial charge < -0.3 is 9.05 Å². The van der Waals surface area contributed by atoms with E-state index in [0.717, 1.165) is 10.8 Å². The zero-order chi connectivity index (χ0) is 22.1. The minimum absolute atomic E-state index is 0.0777. The molecule has 0 saturated heterocycles. The SMILES string of the molecule is CCOP(=O)(CC/C=C/Cn1cc(F)c(=O)n(C(=O)c2ccccc2)c1=O)OCC. The molecule has 0 radical (unpaired) electrons. The Bertz CT molecular complexity index is 1050. The fourth-order valence-electron chi connectivity index (χ4n) is 2.69. The van der Waals surface area contributed by atoms with Crippen molar-refractivity contribution in [3.05, 3.63) is 80.9 Å². The number of aromatic nitrogens is 2. The van der Waals surface area contributed by atoms with E-state index in [2.05, 4.69) is 0 Å². The lowest BCUT2D eigenvalue weighted by Crippen LogP contribution is -2.44. The predicted octanol–water partition coefficient (Wildman–Crippen LogP) is 3.05. The second-order valence-electron chi connectivity index (χ2n) is 6.15. The molecule has 0 unspecified atom stereocenters. The lowest BCUT2D eigenvalue weighted by molar-refractivity contribution is 0.0946. The lowest BCUT2D eigenvalue weighted by atomic mass is 10.2. The summed E-state index contributed by atoms with van der Waals surface area (Å²) in [5.41, 5.74) is -2.16. The number of carbonyl (C=O) groups excluding carboxylic acids is 1. The van der Waals surface area contributed by atoms with Crippen molar-refractivity contribution >= 4 is 13.5 Å². The van der Waals surface area contributed by atoms with Crippen molar-refractivity contribution in [1.82, 2.24) is 9.13 Å². The summed E-state index contributed by atoms with van der Waals surface area (Å²) in [6, 6.07) is 7.67. The lowest BCUT2D eigenvalue weighted by Gasteiger charge is -2.15. The standard InChI is InChI=1S/C20H24FN2O6P/c1-3-28-30(27,29-4-2)14-10-6-9-13-22-15-17(21)19(25)23(20(22)26)18(24)16-11-7-5-8-12-16/h5-9,11-12,15H,3-4,10,13-14H2,1-2H3/b9-6+. The van der Waals surface area contributed by atoms with E-state index in [-0.39, 0.29) is 36.1 Å². The quantitative estimate of drug-likeness (QED) is 0.418. The minimum atomic E-state index is -3.18. The molecule has 8 nitrogen and oxygen atoms in total. The molecule has 0 amide bonds. The van der Waals surface area contributed by atoms with Gasteiger partial charge in [-0.2, -0.15) is 8.96 Å². The normalized spacial score (nSPS) is 11.8. The van der Waals surface area contributed by atoms with Gasteiger partial charge in [-0.05, 0) is 32.4 Å². The molecule has 0 aliphatic carbocycles. The van der Waals surface area contributed by atoms with E-state index in [0.29, 0.717) is 6.42 Å². The van der Waals surface area contributed by atoms with Crippen LogP contribution in [0.25, 0.3) is 0 Å². The summed E-state index contributed by atoms with van der Waals surface area (Å²) in [6.45, 7) is 3.87. The third-order valence-corrected chi connectivity index (χ3v) is 6.14. The Morgan fingerprint density at radius 1 is 1.10 bits per heavy atom. The van der Waals surface area contributed by atoms with Crippen molar-refractivity contribution in [1.29, 1.82) is 0 Å². The van der Waals surface area contributed by atoms with Crippen LogP contribution in [0.3, 0.4) is 0 Å². The highest BCUT2D eigenvalue weighted by Gasteiger charge is 2.22. The summed E-state index contributed by atoms with van der Waals surface area (Å²) in [6.07, 6.45) is 4.45. The predicted molar refractivity (Wildman–Crippen MR) is 111 cm³/mol. The first-order chi connectivity index (χ1) is 14.3. The maximum Gasteiger partial charge on any atom is 0.338 e. The van der Waals surface area contributed by atoms with Gasteiger partial charge in [-0.15, -0.1) is 0 Å². The molecule has 1 heterocycles. The third kappa shape index (κ3) is 5.95. The number of carbonyl (C=O) groups is 1. The summed E-state index contributed by atoms with van der Waals surface area (Å²) in [7, 11) is -3.18. The molecule has 162 valence electrons. The summed E-state index contributed by atoms with van der Waals surface area (Å²) in [4.78, 5) is 37.1. The van der Waals surface area contributed by atoms with Crippen LogP contribution in [0.2, 0.25) is 0 Å². The number of nitrogens with zero attached hydrogens (tertiary/aromatic N) is 2. The largest absolute Gasteiger partial charge is 0.338 e. The number of hydrogen-bond donors (Lipinski definition) is 0. The highest BCUT2D eigenvalue weighted by Crippen LogP contribution is 2.48. The molecular weight excluding hydrogens is 414 g/mol. The fourth-order valence-corrected chi connectivity index (χ4v) is 4.27. The Morgan fingerprint density at radius 3 is 2.33 bits per heavy atom. The summed E-state index contributed by atoms with van der Waals surface area (Å²) >= 11 is 0. The molecule has 0 N–H and O–H groups in total. The maximum absolute atomic E-state index is 14.1. The molecule has 1 aromatic heterocycles. The molecule has 2 aromatic rings. The van der Waals surface area contributed by atoms with Crippen LogP contribution >= 0.6 is 7.60 Å². The van der Waals surface area contributed by atoms with Gasteiger partial charge >= 0.3 is 13.3 Å². The molecule has 2 rings (SSSR count). The van der Waals surface area contributed by atoms with Gasteiger partial charge in [0.15, 0.2) is 0 Å². The second-order valence-corrected chi connectivity index (χ2v) is 8.34. The van der Waals surface area contributed by atoms with E-state index in [4.69, 9.17) is 9.05 Å². The van der Waals surface area contributed by atoms with Gasteiger partial charge in [0.25, 0.3) is 11.5 Å². The number of allylic oxidation sites excluding steroid dienone is 2. The first-order valence-corrected chi connectivity index (χ1v) is 11.2. The molecule has 0 atom stereocenters. The first-order valence-electron chi connectivity index (χ1n) is 9.47. The van der Waals surface area contributed by atoms with Crippen LogP contribution in [0.5, 0.6) is 0 Å². The Morgan fingerprint density at radius 2 is 1.73 bits per heavy atom. The van der Waals surface area contributed by atoms with Crippen LogP contribution in [-0.4, -0.2) is 34.4 Å². The van der Waals surface area contributed by atoms with Crippen LogP contribution < -0.4 is 11.2 Å². The molecule has 0 spiro atoms. The number of hydrogen-bond acceptors (Lipinski definition) is 6. The molecule has 10 heteroatoms. The molecule has 0 saturated carbocycles. The smallest absolute Gasteiger partial charge is 0.309 e. The molecule has 0 fully saturated rings. The Hall–Kier alpha value is -2.61. The highest BCUT2D eigenvalue weighted by atomic mass is 31.2. The zero-order valence-electron chi connectivity index (χ0n) is 16.8. The van der Waals surface area contributed by atoms with Crippen molar-refractivity contribution in [2.45, 2.75) is 26.8 Å². The maximum atomic E-state index is 14.1. The first kappa shape index (κ1) is 23.7. The average molecular weight is 438 g/mol. The van der Waals surface area contributed by atoms with E-state index >= 15 is 0 Å². The molecule has 0 bridgehead atoms. The molecule has 1 aromatic carbocycles. The van der Waals surface area contributed by atoms with Crippen molar-refractivity contribution in [3.63, 3.8) is 0 Å². The van der Waals surface area contributed by atoms with Gasteiger partial charge in [0.1, 0.15) is 0 Å². The van der Waals surface area contributed by atoms with E-state index in [1.165, 1.54) is 12.1 Å². The fraction of sp³-hybridized carbons (Fsp3) is 0.350. The number of halogens is 1. The van der Waals surface area contributed by atoms with Gasteiger partial charge in [0, 0.05) is 12.1 Å². The second kappa shape index (κ2) is 11.0. The van der Waals surface area contributed by atoms with Crippen molar-refractivity contribution in [2.75, 3.05) is 19.4 Å². The van der Waals surface area contributed by atoms with Gasteiger partial charge in [0.05, 0.1) is 25.6 Å². The summed E-state index contributed by atoms with van der Waals surface area (Å²) in [5.74, 6) is -2.12. The summed E-state index contributed by atoms with van der Waals surface area (Å²) in [5, 5.41) is 0. The highest BCUT2D eigenvalue weighted by molar-refractivity contribution is 7.53. The number of rotatable bonds is 10. The summed E-state index contributed by atoms with van der Waals surface area (Å²) < 4.78 is 38.0.